The number of nitrogens with one attached hydrogen (secondary N) is 2. The van der Waals surface area contributed by atoms with Crippen molar-refractivity contribution in [2.75, 3.05) is 10.6 Å². The van der Waals surface area contributed by atoms with Crippen molar-refractivity contribution in [1.29, 1.82) is 0 Å². The molecule has 0 radical (unpaired) electrons. The van der Waals surface area contributed by atoms with E-state index in [2.05, 4.69) is 26.6 Å². The lowest BCUT2D eigenvalue weighted by Crippen LogP contribution is -2.32. The second-order valence-corrected chi connectivity index (χ2v) is 7.39. The quantitative estimate of drug-likeness (QED) is 0.496. The molecule has 0 saturated carbocycles. The Labute approximate surface area is 152 Å². The van der Waals surface area contributed by atoms with Crippen LogP contribution in [0.5, 0.6) is 0 Å². The van der Waals surface area contributed by atoms with E-state index in [4.69, 9.17) is 4.74 Å². The van der Waals surface area contributed by atoms with E-state index < -0.39 is 11.7 Å². The van der Waals surface area contributed by atoms with Crippen LogP contribution in [0.25, 0.3) is 0 Å². The number of alkyl carbamates (subject to hydrolysis) is 1. The molecule has 1 aromatic carbocycles. The fourth-order valence-corrected chi connectivity index (χ4v) is 2.37. The standard InChI is InChI=1S/C18H27BrN2O3/c1-18(2,3)24-17(23)20-13-14-8-10-15(11-9-14)21-16(22)7-5-4-6-12-19/h8-11H,4-7,12-13H2,1-3H3,(H,20,23)(H,21,22). The summed E-state index contributed by atoms with van der Waals surface area (Å²) in [5, 5.41) is 6.56. The smallest absolute Gasteiger partial charge is 0.407 e. The van der Waals surface area contributed by atoms with Gasteiger partial charge in [0.2, 0.25) is 5.91 Å². The average Bonchev–Trinajstić information content (AvgIpc) is 2.49. The number of hydrogen-bond donors (Lipinski definition) is 2. The summed E-state index contributed by atoms with van der Waals surface area (Å²) < 4.78 is 5.18. The van der Waals surface area contributed by atoms with Gasteiger partial charge in [0.25, 0.3) is 0 Å². The fourth-order valence-electron chi connectivity index (χ4n) is 1.97. The minimum absolute atomic E-state index is 0.0317. The van der Waals surface area contributed by atoms with Gasteiger partial charge in [0.1, 0.15) is 5.60 Å². The summed E-state index contributed by atoms with van der Waals surface area (Å²) in [6, 6.07) is 7.42. The van der Waals surface area contributed by atoms with Gasteiger partial charge in [-0.05, 0) is 51.3 Å². The summed E-state index contributed by atoms with van der Waals surface area (Å²) in [7, 11) is 0. The van der Waals surface area contributed by atoms with Gasteiger partial charge in [0.15, 0.2) is 0 Å². The van der Waals surface area contributed by atoms with Gasteiger partial charge in [-0.3, -0.25) is 4.79 Å². The van der Waals surface area contributed by atoms with Crippen molar-refractivity contribution in [3.8, 4) is 0 Å². The number of halogens is 1. The minimum Gasteiger partial charge on any atom is -0.444 e. The highest BCUT2D eigenvalue weighted by molar-refractivity contribution is 9.09. The van der Waals surface area contributed by atoms with Crippen LogP contribution in [-0.4, -0.2) is 22.9 Å². The monoisotopic (exact) mass is 398 g/mol. The number of ether oxygens (including phenoxy) is 1. The van der Waals surface area contributed by atoms with E-state index in [0.717, 1.165) is 35.8 Å². The molecule has 0 atom stereocenters. The molecule has 0 aliphatic rings. The van der Waals surface area contributed by atoms with Crippen molar-refractivity contribution in [3.05, 3.63) is 29.8 Å². The summed E-state index contributed by atoms with van der Waals surface area (Å²) >= 11 is 3.38. The largest absolute Gasteiger partial charge is 0.444 e. The number of carbonyl (C=O) groups is 2. The Balaban J connectivity index is 2.35. The summed E-state index contributed by atoms with van der Waals surface area (Å²) in [4.78, 5) is 23.4. The molecule has 134 valence electrons. The number of alkyl halides is 1. The molecule has 1 rings (SSSR count). The van der Waals surface area contributed by atoms with Gasteiger partial charge in [-0.15, -0.1) is 0 Å². The number of carbonyl (C=O) groups excluding carboxylic acids is 2. The van der Waals surface area contributed by atoms with Gasteiger partial charge in [0.05, 0.1) is 0 Å². The van der Waals surface area contributed by atoms with Crippen LogP contribution in [0, 0.1) is 0 Å². The van der Waals surface area contributed by atoms with Crippen LogP contribution < -0.4 is 10.6 Å². The molecule has 0 unspecified atom stereocenters. The van der Waals surface area contributed by atoms with Gasteiger partial charge in [-0.1, -0.05) is 34.5 Å². The van der Waals surface area contributed by atoms with E-state index in [1.807, 2.05) is 45.0 Å². The third kappa shape index (κ3) is 9.55. The van der Waals surface area contributed by atoms with Gasteiger partial charge in [-0.25, -0.2) is 4.79 Å². The third-order valence-corrected chi connectivity index (χ3v) is 3.67. The highest BCUT2D eigenvalue weighted by atomic mass is 79.9. The van der Waals surface area contributed by atoms with E-state index in [1.165, 1.54) is 0 Å². The first-order valence-corrected chi connectivity index (χ1v) is 9.34. The van der Waals surface area contributed by atoms with Crippen LogP contribution in [0.4, 0.5) is 10.5 Å². The Bertz CT molecular complexity index is 524. The van der Waals surface area contributed by atoms with Gasteiger partial charge >= 0.3 is 6.09 Å². The average molecular weight is 399 g/mol. The van der Waals surface area contributed by atoms with E-state index in [0.29, 0.717) is 13.0 Å². The topological polar surface area (TPSA) is 67.4 Å². The van der Waals surface area contributed by atoms with E-state index in [1.54, 1.807) is 0 Å². The molecule has 0 bridgehead atoms. The first kappa shape index (κ1) is 20.5. The van der Waals surface area contributed by atoms with Crippen molar-refractivity contribution in [2.45, 2.75) is 58.6 Å². The van der Waals surface area contributed by atoms with Crippen molar-refractivity contribution in [3.63, 3.8) is 0 Å². The van der Waals surface area contributed by atoms with Gasteiger partial charge in [0, 0.05) is 24.0 Å². The van der Waals surface area contributed by atoms with Gasteiger partial charge in [-0.2, -0.15) is 0 Å². The maximum Gasteiger partial charge on any atom is 0.407 e. The van der Waals surface area contributed by atoms with E-state index in [9.17, 15) is 9.59 Å². The molecular formula is C18H27BrN2O3. The zero-order valence-corrected chi connectivity index (χ0v) is 16.2. The maximum absolute atomic E-state index is 11.8. The zero-order chi connectivity index (χ0) is 18.0. The number of anilines is 1. The summed E-state index contributed by atoms with van der Waals surface area (Å²) in [6.07, 6.45) is 3.13. The lowest BCUT2D eigenvalue weighted by atomic mass is 10.2. The second kappa shape index (κ2) is 10.3. The van der Waals surface area contributed by atoms with Crippen LogP contribution in [0.1, 0.15) is 52.0 Å². The van der Waals surface area contributed by atoms with E-state index in [-0.39, 0.29) is 5.91 Å². The predicted molar refractivity (Wildman–Crippen MR) is 100 cm³/mol. The molecule has 0 aliphatic carbocycles. The third-order valence-electron chi connectivity index (χ3n) is 3.11. The van der Waals surface area contributed by atoms with Crippen molar-refractivity contribution >= 4 is 33.6 Å². The first-order chi connectivity index (χ1) is 11.3. The van der Waals surface area contributed by atoms with Crippen LogP contribution in [-0.2, 0) is 16.1 Å². The number of amides is 2. The zero-order valence-electron chi connectivity index (χ0n) is 14.7. The molecule has 2 amide bonds. The Morgan fingerprint density at radius 2 is 1.75 bits per heavy atom. The van der Waals surface area contributed by atoms with Crippen LogP contribution >= 0.6 is 15.9 Å². The highest BCUT2D eigenvalue weighted by Gasteiger charge is 2.15. The Kier molecular flexibility index (Phi) is 8.82. The molecule has 24 heavy (non-hydrogen) atoms. The lowest BCUT2D eigenvalue weighted by Gasteiger charge is -2.19. The van der Waals surface area contributed by atoms with Crippen molar-refractivity contribution in [1.82, 2.24) is 5.32 Å². The number of hydrogen-bond acceptors (Lipinski definition) is 3. The van der Waals surface area contributed by atoms with Crippen molar-refractivity contribution in [2.24, 2.45) is 0 Å². The van der Waals surface area contributed by atoms with Crippen LogP contribution in [0.15, 0.2) is 24.3 Å². The summed E-state index contributed by atoms with van der Waals surface area (Å²) in [6.45, 7) is 5.85. The number of unbranched alkanes of at least 4 members (excludes halogenated alkanes) is 2. The van der Waals surface area contributed by atoms with Gasteiger partial charge < -0.3 is 15.4 Å². The molecule has 0 saturated heterocycles. The normalized spacial score (nSPS) is 11.0. The highest BCUT2D eigenvalue weighted by Crippen LogP contribution is 2.12. The Morgan fingerprint density at radius 3 is 2.33 bits per heavy atom. The SMILES string of the molecule is CC(C)(C)OC(=O)NCc1ccc(NC(=O)CCCCCBr)cc1. The molecule has 0 heterocycles. The first-order valence-electron chi connectivity index (χ1n) is 8.22. The van der Waals surface area contributed by atoms with Crippen LogP contribution in [0.2, 0.25) is 0 Å². The maximum atomic E-state index is 11.8. The fraction of sp³-hybridized carbons (Fsp3) is 0.556. The minimum atomic E-state index is -0.507. The molecule has 5 nitrogen and oxygen atoms in total. The molecule has 0 fully saturated rings. The molecule has 1 aromatic rings. The molecule has 6 heteroatoms. The summed E-state index contributed by atoms with van der Waals surface area (Å²) in [5.41, 5.74) is 1.20. The Hall–Kier alpha value is -1.56. The molecule has 2 N–H and O–H groups in total. The lowest BCUT2D eigenvalue weighted by molar-refractivity contribution is -0.116. The second-order valence-electron chi connectivity index (χ2n) is 6.60. The molecule has 0 spiro atoms. The summed E-state index contributed by atoms with van der Waals surface area (Å²) in [5.74, 6) is 0.0317. The van der Waals surface area contributed by atoms with Crippen molar-refractivity contribution < 1.29 is 14.3 Å². The molecular weight excluding hydrogens is 372 g/mol. The Morgan fingerprint density at radius 1 is 1.08 bits per heavy atom. The predicted octanol–water partition coefficient (Wildman–Crippen LogP) is 4.61. The number of rotatable bonds is 8. The number of benzene rings is 1. The van der Waals surface area contributed by atoms with Crippen LogP contribution in [0.3, 0.4) is 0 Å². The van der Waals surface area contributed by atoms with E-state index >= 15 is 0 Å². The molecule has 0 aliphatic heterocycles. The molecule has 0 aromatic heterocycles.